The topological polar surface area (TPSA) is 29.0 Å². The van der Waals surface area contributed by atoms with Crippen LogP contribution in [0.25, 0.3) is 0 Å². The van der Waals surface area contributed by atoms with Crippen LogP contribution < -0.4 is 4.90 Å². The molecule has 7 heteroatoms. The highest BCUT2D eigenvalue weighted by Gasteiger charge is 2.15. The predicted octanol–water partition coefficient (Wildman–Crippen LogP) is 2.90. The molecule has 2 aromatic rings. The molecule has 0 N–H and O–H groups in total. The average molecular weight is 273 g/mol. The lowest BCUT2D eigenvalue weighted by molar-refractivity contribution is 0.463. The van der Waals surface area contributed by atoms with E-state index in [4.69, 9.17) is 0 Å². The summed E-state index contributed by atoms with van der Waals surface area (Å²) in [5.74, 6) is -3.75. The molecular weight excluding hydrogens is 263 g/mol. The van der Waals surface area contributed by atoms with Gasteiger partial charge in [0.05, 0.1) is 17.2 Å². The van der Waals surface area contributed by atoms with Crippen molar-refractivity contribution in [1.82, 2.24) is 9.97 Å². The molecule has 2 heterocycles. The second-order valence-electron chi connectivity index (χ2n) is 3.78. The van der Waals surface area contributed by atoms with Gasteiger partial charge in [-0.15, -0.1) is 11.3 Å². The first-order valence-electron chi connectivity index (χ1n) is 5.11. The SMILES string of the molecule is Cc1nc(CN(C)c2nc(F)c(F)cc2F)cs1. The van der Waals surface area contributed by atoms with Gasteiger partial charge in [0.25, 0.3) is 5.95 Å². The molecule has 0 aromatic carbocycles. The number of hydrogen-bond donors (Lipinski definition) is 0. The van der Waals surface area contributed by atoms with E-state index in [1.54, 1.807) is 0 Å². The lowest BCUT2D eigenvalue weighted by Crippen LogP contribution is -2.20. The maximum Gasteiger partial charge on any atom is 0.251 e. The molecule has 0 saturated carbocycles. The standard InChI is InChI=1S/C11H10F3N3S/c1-6-15-7(5-18-6)4-17(2)11-9(13)3-8(12)10(14)16-11/h3,5H,4H2,1-2H3. The Kier molecular flexibility index (Phi) is 3.51. The van der Waals surface area contributed by atoms with Crippen molar-refractivity contribution in [2.45, 2.75) is 13.5 Å². The molecule has 0 aliphatic heterocycles. The van der Waals surface area contributed by atoms with Gasteiger partial charge in [-0.3, -0.25) is 0 Å². The van der Waals surface area contributed by atoms with E-state index in [1.807, 2.05) is 12.3 Å². The van der Waals surface area contributed by atoms with Crippen LogP contribution >= 0.6 is 11.3 Å². The second-order valence-corrected chi connectivity index (χ2v) is 4.84. The van der Waals surface area contributed by atoms with Crippen LogP contribution in [-0.4, -0.2) is 17.0 Å². The summed E-state index contributed by atoms with van der Waals surface area (Å²) in [4.78, 5) is 8.85. The minimum absolute atomic E-state index is 0.237. The van der Waals surface area contributed by atoms with Gasteiger partial charge in [0, 0.05) is 18.5 Å². The van der Waals surface area contributed by atoms with Gasteiger partial charge in [-0.2, -0.15) is 9.37 Å². The molecule has 0 atom stereocenters. The third-order valence-electron chi connectivity index (χ3n) is 2.30. The van der Waals surface area contributed by atoms with Gasteiger partial charge in [0.1, 0.15) is 0 Å². The normalized spacial score (nSPS) is 10.7. The molecule has 0 radical (unpaired) electrons. The highest BCUT2D eigenvalue weighted by atomic mass is 32.1. The second kappa shape index (κ2) is 4.93. The number of nitrogens with zero attached hydrogens (tertiary/aromatic N) is 3. The van der Waals surface area contributed by atoms with Crippen molar-refractivity contribution >= 4 is 17.2 Å². The van der Waals surface area contributed by atoms with E-state index in [1.165, 1.54) is 23.3 Å². The van der Waals surface area contributed by atoms with Crippen molar-refractivity contribution in [3.8, 4) is 0 Å². The number of aromatic nitrogens is 2. The van der Waals surface area contributed by atoms with Crippen LogP contribution in [-0.2, 0) is 6.54 Å². The first-order valence-corrected chi connectivity index (χ1v) is 5.99. The molecule has 0 fully saturated rings. The minimum atomic E-state index is -1.31. The molecule has 18 heavy (non-hydrogen) atoms. The number of halogens is 3. The summed E-state index contributed by atoms with van der Waals surface area (Å²) in [7, 11) is 1.54. The third-order valence-corrected chi connectivity index (χ3v) is 3.12. The van der Waals surface area contributed by atoms with E-state index in [2.05, 4.69) is 9.97 Å². The maximum absolute atomic E-state index is 13.5. The largest absolute Gasteiger partial charge is 0.351 e. The van der Waals surface area contributed by atoms with E-state index in [9.17, 15) is 13.2 Å². The zero-order valence-corrected chi connectivity index (χ0v) is 10.6. The summed E-state index contributed by atoms with van der Waals surface area (Å²) >= 11 is 1.47. The van der Waals surface area contributed by atoms with Crippen molar-refractivity contribution in [1.29, 1.82) is 0 Å². The van der Waals surface area contributed by atoms with Gasteiger partial charge in [-0.05, 0) is 6.92 Å². The Morgan fingerprint density at radius 3 is 2.56 bits per heavy atom. The first kappa shape index (κ1) is 12.8. The predicted molar refractivity (Wildman–Crippen MR) is 63.1 cm³/mol. The van der Waals surface area contributed by atoms with Crippen LogP contribution in [0, 0.1) is 24.5 Å². The van der Waals surface area contributed by atoms with Crippen molar-refractivity contribution in [2.75, 3.05) is 11.9 Å². The van der Waals surface area contributed by atoms with Gasteiger partial charge >= 0.3 is 0 Å². The molecule has 0 saturated heterocycles. The fourth-order valence-electron chi connectivity index (χ4n) is 1.50. The fraction of sp³-hybridized carbons (Fsp3) is 0.273. The van der Waals surface area contributed by atoms with Crippen LogP contribution in [0.15, 0.2) is 11.4 Å². The lowest BCUT2D eigenvalue weighted by Gasteiger charge is -2.17. The molecular formula is C11H10F3N3S. The number of hydrogen-bond acceptors (Lipinski definition) is 4. The van der Waals surface area contributed by atoms with E-state index in [0.717, 1.165) is 10.7 Å². The Labute approximate surface area is 106 Å². The summed E-state index contributed by atoms with van der Waals surface area (Å²) in [6.45, 7) is 2.13. The smallest absolute Gasteiger partial charge is 0.251 e. The Balaban J connectivity index is 2.23. The Bertz CT molecular complexity index is 571. The molecule has 0 bridgehead atoms. The zero-order valence-electron chi connectivity index (χ0n) is 9.75. The van der Waals surface area contributed by atoms with Gasteiger partial charge in [0.15, 0.2) is 17.5 Å². The van der Waals surface area contributed by atoms with E-state index >= 15 is 0 Å². The molecule has 0 amide bonds. The molecule has 96 valence electrons. The number of anilines is 1. The molecule has 2 aromatic heterocycles. The highest BCUT2D eigenvalue weighted by molar-refractivity contribution is 7.09. The van der Waals surface area contributed by atoms with E-state index in [0.29, 0.717) is 6.07 Å². The van der Waals surface area contributed by atoms with Crippen LogP contribution in [0.1, 0.15) is 10.7 Å². The molecule has 0 aliphatic rings. The van der Waals surface area contributed by atoms with Crippen LogP contribution in [0.4, 0.5) is 19.0 Å². The third kappa shape index (κ3) is 2.61. The van der Waals surface area contributed by atoms with Gasteiger partial charge in [0.2, 0.25) is 0 Å². The molecule has 2 rings (SSSR count). The minimum Gasteiger partial charge on any atom is -0.351 e. The average Bonchev–Trinajstić information content (AvgIpc) is 2.69. The van der Waals surface area contributed by atoms with E-state index in [-0.39, 0.29) is 12.4 Å². The van der Waals surface area contributed by atoms with Gasteiger partial charge in [-0.1, -0.05) is 0 Å². The van der Waals surface area contributed by atoms with Crippen LogP contribution in [0.3, 0.4) is 0 Å². The monoisotopic (exact) mass is 273 g/mol. The summed E-state index contributed by atoms with van der Waals surface area (Å²) in [6.07, 6.45) is 0. The lowest BCUT2D eigenvalue weighted by atomic mass is 10.3. The number of pyridine rings is 1. The van der Waals surface area contributed by atoms with Crippen molar-refractivity contribution < 1.29 is 13.2 Å². The molecule has 0 aliphatic carbocycles. The van der Waals surface area contributed by atoms with Crippen LogP contribution in [0.5, 0.6) is 0 Å². The number of rotatable bonds is 3. The molecule has 0 unspecified atom stereocenters. The Hall–Kier alpha value is -1.63. The van der Waals surface area contributed by atoms with Crippen LogP contribution in [0.2, 0.25) is 0 Å². The maximum atomic E-state index is 13.5. The van der Waals surface area contributed by atoms with E-state index < -0.39 is 17.6 Å². The molecule has 0 spiro atoms. The fourth-order valence-corrected chi connectivity index (χ4v) is 2.11. The molecule has 3 nitrogen and oxygen atoms in total. The highest BCUT2D eigenvalue weighted by Crippen LogP contribution is 2.20. The summed E-state index contributed by atoms with van der Waals surface area (Å²) in [6, 6.07) is 0.487. The zero-order chi connectivity index (χ0) is 13.3. The van der Waals surface area contributed by atoms with Crippen molar-refractivity contribution in [3.63, 3.8) is 0 Å². The number of aryl methyl sites for hydroxylation is 1. The summed E-state index contributed by atoms with van der Waals surface area (Å²) in [5.41, 5.74) is 0.728. The van der Waals surface area contributed by atoms with Crippen molar-refractivity contribution in [3.05, 3.63) is 39.7 Å². The number of thiazole rings is 1. The quantitative estimate of drug-likeness (QED) is 0.805. The van der Waals surface area contributed by atoms with Gasteiger partial charge < -0.3 is 4.90 Å². The van der Waals surface area contributed by atoms with Gasteiger partial charge in [-0.25, -0.2) is 13.8 Å². The summed E-state index contributed by atoms with van der Waals surface area (Å²) < 4.78 is 39.2. The van der Waals surface area contributed by atoms with Crippen molar-refractivity contribution in [2.24, 2.45) is 0 Å². The Morgan fingerprint density at radius 1 is 1.22 bits per heavy atom. The summed E-state index contributed by atoms with van der Waals surface area (Å²) in [5, 5.41) is 2.71. The first-order chi connectivity index (χ1) is 8.47. The Morgan fingerprint density at radius 2 is 1.94 bits per heavy atom.